The van der Waals surface area contributed by atoms with Crippen LogP contribution in [0.1, 0.15) is 5.69 Å². The van der Waals surface area contributed by atoms with E-state index in [1.165, 1.54) is 47.0 Å². The molecule has 0 fully saturated rings. The first-order valence-corrected chi connectivity index (χ1v) is 11.2. The van der Waals surface area contributed by atoms with E-state index in [9.17, 15) is 13.7 Å². The minimum absolute atomic E-state index is 0.118. The number of thioether (sulfide) groups is 1. The van der Waals surface area contributed by atoms with Crippen LogP contribution in [0, 0.1) is 12.7 Å². The van der Waals surface area contributed by atoms with E-state index in [-0.39, 0.29) is 15.9 Å². The number of aromatic nitrogens is 1. The van der Waals surface area contributed by atoms with Crippen molar-refractivity contribution >= 4 is 51.7 Å². The number of rotatable bonds is 6. The number of urea groups is 1. The second-order valence-electron chi connectivity index (χ2n) is 5.71. The first-order valence-electron chi connectivity index (χ1n) is 8.30. The van der Waals surface area contributed by atoms with Gasteiger partial charge in [0.05, 0.1) is 28.3 Å². The van der Waals surface area contributed by atoms with Gasteiger partial charge < -0.3 is 4.74 Å². The number of carbonyl (C=O) groups is 1. The lowest BCUT2D eigenvalue weighted by molar-refractivity contribution is 0.244. The van der Waals surface area contributed by atoms with Crippen molar-refractivity contribution in [1.82, 2.24) is 4.98 Å². The summed E-state index contributed by atoms with van der Waals surface area (Å²) in [6.45, 7) is 1.76. The van der Waals surface area contributed by atoms with E-state index in [1.54, 1.807) is 19.4 Å². The van der Waals surface area contributed by atoms with Crippen molar-refractivity contribution in [3.05, 3.63) is 53.3 Å². The average Bonchev–Trinajstić information content (AvgIpc) is 3.12. The van der Waals surface area contributed by atoms with Crippen molar-refractivity contribution < 1.29 is 18.4 Å². The van der Waals surface area contributed by atoms with Crippen LogP contribution in [0.4, 0.5) is 24.5 Å². The molecule has 0 radical (unpaired) electrons. The van der Waals surface area contributed by atoms with Crippen LogP contribution in [-0.2, 0) is 0 Å². The van der Waals surface area contributed by atoms with E-state index < -0.39 is 11.8 Å². The largest absolute Gasteiger partial charge is 0.494 e. The van der Waals surface area contributed by atoms with E-state index in [4.69, 9.17) is 4.74 Å². The Morgan fingerprint density at radius 1 is 1.24 bits per heavy atom. The van der Waals surface area contributed by atoms with E-state index >= 15 is 0 Å². The molecule has 0 aliphatic heterocycles. The van der Waals surface area contributed by atoms with Gasteiger partial charge in [-0.05, 0) is 37.4 Å². The third-order valence-corrected chi connectivity index (χ3v) is 6.47. The van der Waals surface area contributed by atoms with Crippen LogP contribution in [0.15, 0.2) is 56.5 Å². The quantitative estimate of drug-likeness (QED) is 0.346. The number of halogens is 2. The normalized spacial score (nSPS) is 10.7. The molecule has 0 aliphatic rings. The zero-order valence-corrected chi connectivity index (χ0v) is 18.2. The van der Waals surface area contributed by atoms with Crippen molar-refractivity contribution in [3.63, 3.8) is 0 Å². The molecule has 3 rings (SSSR count). The number of nitrogens with one attached hydrogen (secondary N) is 1. The molecular formula is C19H17F2N3O2S3. The van der Waals surface area contributed by atoms with Gasteiger partial charge >= 0.3 is 6.03 Å². The van der Waals surface area contributed by atoms with Crippen LogP contribution in [0.3, 0.4) is 0 Å². The number of hydrogen-bond donors (Lipinski definition) is 1. The highest BCUT2D eigenvalue weighted by molar-refractivity contribution is 8.00. The Labute approximate surface area is 179 Å². The van der Waals surface area contributed by atoms with Crippen molar-refractivity contribution in [2.24, 2.45) is 0 Å². The second kappa shape index (κ2) is 9.47. The maximum absolute atomic E-state index is 14.9. The standard InChI is InChI=1S/C19H17F2N3O2S3/c1-11-10-28-18(22-11)23-19(25)24(21)13-9-12(20)7-8-14(13)29-16-6-4-5-15(27-3)17(16)26-2/h4-10H,1-3H3,(H,22,23,25). The summed E-state index contributed by atoms with van der Waals surface area (Å²) in [5.41, 5.74) is 0.496. The minimum atomic E-state index is -1.06. The van der Waals surface area contributed by atoms with Crippen LogP contribution in [-0.4, -0.2) is 24.4 Å². The Morgan fingerprint density at radius 3 is 2.66 bits per heavy atom. The molecule has 0 saturated carbocycles. The number of nitrogens with zero attached hydrogens (tertiary/aromatic N) is 2. The average molecular weight is 454 g/mol. The molecule has 0 saturated heterocycles. The summed E-state index contributed by atoms with van der Waals surface area (Å²) in [5.74, 6) is -0.0249. The van der Waals surface area contributed by atoms with E-state index in [1.807, 2.05) is 24.5 Å². The molecule has 10 heteroatoms. The number of hydrogen-bond acceptors (Lipinski definition) is 6. The van der Waals surface area contributed by atoms with Crippen molar-refractivity contribution in [1.29, 1.82) is 0 Å². The number of thiazole rings is 1. The fraction of sp³-hybridized carbons (Fsp3) is 0.158. The maximum atomic E-state index is 14.9. The van der Waals surface area contributed by atoms with Crippen LogP contribution < -0.4 is 15.2 Å². The van der Waals surface area contributed by atoms with Crippen molar-refractivity contribution in [2.75, 3.05) is 23.8 Å². The summed E-state index contributed by atoms with van der Waals surface area (Å²) < 4.78 is 34.2. The first-order chi connectivity index (χ1) is 13.9. The third kappa shape index (κ3) is 5.01. The fourth-order valence-corrected chi connectivity index (χ4v) is 4.83. The number of para-hydroxylation sites is 1. The van der Waals surface area contributed by atoms with E-state index in [2.05, 4.69) is 10.3 Å². The topological polar surface area (TPSA) is 54.5 Å². The summed E-state index contributed by atoms with van der Waals surface area (Å²) in [6, 6.07) is 8.13. The summed E-state index contributed by atoms with van der Waals surface area (Å²) in [5, 5.41) is 4.24. The molecule has 3 aromatic rings. The number of aryl methyl sites for hydroxylation is 1. The first kappa shape index (κ1) is 21.4. The van der Waals surface area contributed by atoms with Gasteiger partial charge in [0.1, 0.15) is 11.6 Å². The Balaban J connectivity index is 1.91. The number of methoxy groups -OCH3 is 1. The molecule has 152 valence electrons. The number of ether oxygens (including phenoxy) is 1. The molecule has 5 nitrogen and oxygen atoms in total. The van der Waals surface area contributed by atoms with E-state index in [0.717, 1.165) is 15.9 Å². The molecule has 0 unspecified atom stereocenters. The highest BCUT2D eigenvalue weighted by Crippen LogP contribution is 2.43. The van der Waals surface area contributed by atoms with Crippen LogP contribution in [0.2, 0.25) is 0 Å². The number of benzene rings is 2. The highest BCUT2D eigenvalue weighted by Gasteiger charge is 2.22. The third-order valence-electron chi connectivity index (χ3n) is 3.73. The molecule has 29 heavy (non-hydrogen) atoms. The van der Waals surface area contributed by atoms with E-state index in [0.29, 0.717) is 16.3 Å². The Kier molecular flexibility index (Phi) is 6.99. The predicted molar refractivity (Wildman–Crippen MR) is 115 cm³/mol. The van der Waals surface area contributed by atoms with Gasteiger partial charge in [0, 0.05) is 16.3 Å². The molecule has 1 aromatic heterocycles. The van der Waals surface area contributed by atoms with Gasteiger partial charge in [-0.15, -0.1) is 28.2 Å². The van der Waals surface area contributed by atoms with Gasteiger partial charge in [-0.3, -0.25) is 5.32 Å². The number of carbonyl (C=O) groups excluding carboxylic acids is 1. The smallest absolute Gasteiger partial charge is 0.356 e. The number of amides is 2. The van der Waals surface area contributed by atoms with Crippen LogP contribution in [0.5, 0.6) is 5.75 Å². The van der Waals surface area contributed by atoms with Gasteiger partial charge in [0.2, 0.25) is 0 Å². The van der Waals surface area contributed by atoms with Crippen molar-refractivity contribution in [2.45, 2.75) is 21.6 Å². The summed E-state index contributed by atoms with van der Waals surface area (Å²) in [7, 11) is 1.55. The lowest BCUT2D eigenvalue weighted by atomic mass is 10.3. The molecule has 2 aromatic carbocycles. The molecule has 0 atom stereocenters. The fourth-order valence-electron chi connectivity index (χ4n) is 2.45. The second-order valence-corrected chi connectivity index (χ2v) is 8.50. The lowest BCUT2D eigenvalue weighted by Crippen LogP contribution is -2.28. The predicted octanol–water partition coefficient (Wildman–Crippen LogP) is 6.40. The molecule has 0 spiro atoms. The Hall–Kier alpha value is -2.30. The van der Waals surface area contributed by atoms with Crippen LogP contribution in [0.25, 0.3) is 0 Å². The number of anilines is 2. The maximum Gasteiger partial charge on any atom is 0.356 e. The Morgan fingerprint density at radius 2 is 2.00 bits per heavy atom. The summed E-state index contributed by atoms with van der Waals surface area (Å²) in [4.78, 5) is 18.4. The SMILES string of the molecule is COc1c(SC)cccc1Sc1ccc(F)cc1N(F)C(=O)Nc1nc(C)cs1. The highest BCUT2D eigenvalue weighted by atomic mass is 32.2. The zero-order chi connectivity index (χ0) is 21.0. The van der Waals surface area contributed by atoms with Crippen LogP contribution >= 0.6 is 34.9 Å². The molecule has 1 N–H and O–H groups in total. The molecule has 2 amide bonds. The Bertz CT molecular complexity index is 1030. The molecule has 0 bridgehead atoms. The van der Waals surface area contributed by atoms with Gasteiger partial charge in [-0.25, -0.2) is 14.2 Å². The van der Waals surface area contributed by atoms with Gasteiger partial charge in [-0.1, -0.05) is 22.3 Å². The summed E-state index contributed by atoms with van der Waals surface area (Å²) >= 11 is 3.87. The van der Waals surface area contributed by atoms with Crippen molar-refractivity contribution in [3.8, 4) is 5.75 Å². The molecular weight excluding hydrogens is 436 g/mol. The lowest BCUT2D eigenvalue weighted by Gasteiger charge is -2.17. The van der Waals surface area contributed by atoms with Gasteiger partial charge in [-0.2, -0.15) is 0 Å². The minimum Gasteiger partial charge on any atom is -0.494 e. The molecule has 0 aliphatic carbocycles. The van der Waals surface area contributed by atoms with Gasteiger partial charge in [0.25, 0.3) is 0 Å². The zero-order valence-electron chi connectivity index (χ0n) is 15.7. The summed E-state index contributed by atoms with van der Waals surface area (Å²) in [6.07, 6.45) is 1.92. The monoisotopic (exact) mass is 453 g/mol. The van der Waals surface area contributed by atoms with Gasteiger partial charge in [0.15, 0.2) is 5.13 Å². The molecule has 1 heterocycles.